The second-order valence-electron chi connectivity index (χ2n) is 8.28. The highest BCUT2D eigenvalue weighted by atomic mass is 35.5. The normalized spacial score (nSPS) is 16.8. The smallest absolute Gasteiger partial charge is 0.319 e. The molecule has 0 unspecified atom stereocenters. The van der Waals surface area contributed by atoms with Gasteiger partial charge in [0.1, 0.15) is 17.9 Å². The van der Waals surface area contributed by atoms with E-state index in [1.54, 1.807) is 12.1 Å². The number of rotatable bonds is 5. The van der Waals surface area contributed by atoms with Gasteiger partial charge in [-0.1, -0.05) is 49.1 Å². The zero-order valence-electron chi connectivity index (χ0n) is 17.5. The SMILES string of the molecule is O=C1Nc2c(Cl)cc3cc(C(=O)NCCOc4ccccc4)oc3c2C2(CCCCC2)N1. The zero-order valence-corrected chi connectivity index (χ0v) is 18.3. The summed E-state index contributed by atoms with van der Waals surface area (Å²) in [4.78, 5) is 25.1. The van der Waals surface area contributed by atoms with Crippen LogP contribution in [0.15, 0.2) is 46.9 Å². The van der Waals surface area contributed by atoms with Gasteiger partial charge in [0.25, 0.3) is 5.91 Å². The summed E-state index contributed by atoms with van der Waals surface area (Å²) in [6.07, 6.45) is 4.75. The third-order valence-electron chi connectivity index (χ3n) is 6.16. The molecule has 166 valence electrons. The molecule has 2 aromatic carbocycles. The summed E-state index contributed by atoms with van der Waals surface area (Å²) in [6.45, 7) is 0.682. The zero-order chi connectivity index (χ0) is 22.1. The molecule has 1 aliphatic carbocycles. The fourth-order valence-electron chi connectivity index (χ4n) is 4.73. The number of para-hydroxylation sites is 1. The van der Waals surface area contributed by atoms with E-state index in [2.05, 4.69) is 16.0 Å². The lowest BCUT2D eigenvalue weighted by molar-refractivity contribution is 0.0921. The van der Waals surface area contributed by atoms with Crippen molar-refractivity contribution in [3.63, 3.8) is 0 Å². The molecule has 5 rings (SSSR count). The molecular formula is C24H24ClN3O4. The molecular weight excluding hydrogens is 430 g/mol. The van der Waals surface area contributed by atoms with Gasteiger partial charge in [0, 0.05) is 10.9 Å². The molecule has 3 N–H and O–H groups in total. The number of amides is 3. The predicted octanol–water partition coefficient (Wildman–Crippen LogP) is 5.19. The fraction of sp³-hybridized carbons (Fsp3) is 0.333. The number of nitrogens with one attached hydrogen (secondary N) is 3. The Labute approximate surface area is 190 Å². The Balaban J connectivity index is 1.40. The second kappa shape index (κ2) is 8.39. The second-order valence-corrected chi connectivity index (χ2v) is 8.68. The number of hydrogen-bond donors (Lipinski definition) is 3. The van der Waals surface area contributed by atoms with Crippen LogP contribution in [-0.4, -0.2) is 25.1 Å². The summed E-state index contributed by atoms with van der Waals surface area (Å²) in [5.41, 5.74) is 1.46. The number of carbonyl (C=O) groups is 2. The molecule has 1 fully saturated rings. The van der Waals surface area contributed by atoms with E-state index in [1.807, 2.05) is 30.3 Å². The Hall–Kier alpha value is -3.19. The Morgan fingerprint density at radius 3 is 2.72 bits per heavy atom. The number of halogens is 1. The van der Waals surface area contributed by atoms with Crippen molar-refractivity contribution in [1.29, 1.82) is 0 Å². The van der Waals surface area contributed by atoms with E-state index < -0.39 is 5.54 Å². The standard InChI is InChI=1S/C24H24ClN3O4/c25-17-13-15-14-18(22(29)26-11-12-31-16-7-3-1-4-8-16)32-21(15)19-20(17)27-23(30)28-24(19)9-5-2-6-10-24/h1,3-4,7-8,13-14H,2,5-6,9-12H2,(H,26,29)(H2,27,28,30). The van der Waals surface area contributed by atoms with Crippen LogP contribution in [0.4, 0.5) is 10.5 Å². The van der Waals surface area contributed by atoms with Crippen LogP contribution in [0, 0.1) is 0 Å². The molecule has 0 bridgehead atoms. The largest absolute Gasteiger partial charge is 0.492 e. The van der Waals surface area contributed by atoms with Crippen molar-refractivity contribution in [2.45, 2.75) is 37.6 Å². The maximum absolute atomic E-state index is 12.7. The Bertz CT molecular complexity index is 1170. The van der Waals surface area contributed by atoms with Crippen LogP contribution in [0.3, 0.4) is 0 Å². The van der Waals surface area contributed by atoms with Crippen LogP contribution in [0.25, 0.3) is 11.0 Å². The first-order valence-electron chi connectivity index (χ1n) is 10.9. The number of ether oxygens (including phenoxy) is 1. The summed E-state index contributed by atoms with van der Waals surface area (Å²) < 4.78 is 11.7. The minimum Gasteiger partial charge on any atom is -0.492 e. The van der Waals surface area contributed by atoms with Gasteiger partial charge in [-0.25, -0.2) is 4.79 Å². The molecule has 0 atom stereocenters. The number of benzene rings is 2. The summed E-state index contributed by atoms with van der Waals surface area (Å²) >= 11 is 6.54. The highest BCUT2D eigenvalue weighted by molar-refractivity contribution is 6.35. The molecule has 7 nitrogen and oxygen atoms in total. The first-order valence-corrected chi connectivity index (χ1v) is 11.3. The van der Waals surface area contributed by atoms with Crippen LogP contribution < -0.4 is 20.7 Å². The number of urea groups is 1. The van der Waals surface area contributed by atoms with Crippen molar-refractivity contribution in [2.75, 3.05) is 18.5 Å². The lowest BCUT2D eigenvalue weighted by Crippen LogP contribution is -2.52. The molecule has 1 aromatic heterocycles. The van der Waals surface area contributed by atoms with Crippen molar-refractivity contribution < 1.29 is 18.7 Å². The van der Waals surface area contributed by atoms with Crippen molar-refractivity contribution in [3.8, 4) is 5.75 Å². The molecule has 2 aliphatic rings. The van der Waals surface area contributed by atoms with E-state index in [0.29, 0.717) is 29.4 Å². The third kappa shape index (κ3) is 3.77. The third-order valence-corrected chi connectivity index (χ3v) is 6.46. The average molecular weight is 454 g/mol. The van der Waals surface area contributed by atoms with Crippen LogP contribution in [0.5, 0.6) is 5.75 Å². The van der Waals surface area contributed by atoms with Crippen molar-refractivity contribution >= 4 is 40.2 Å². The van der Waals surface area contributed by atoms with E-state index in [0.717, 1.165) is 48.8 Å². The molecule has 1 aliphatic heterocycles. The first kappa shape index (κ1) is 20.7. The Kier molecular flexibility index (Phi) is 5.43. The summed E-state index contributed by atoms with van der Waals surface area (Å²) in [7, 11) is 0. The predicted molar refractivity (Wildman–Crippen MR) is 122 cm³/mol. The maximum Gasteiger partial charge on any atom is 0.319 e. The molecule has 1 spiro atoms. The highest BCUT2D eigenvalue weighted by Crippen LogP contribution is 2.48. The summed E-state index contributed by atoms with van der Waals surface area (Å²) in [6, 6.07) is 12.6. The fourth-order valence-corrected chi connectivity index (χ4v) is 4.99. The molecule has 1 saturated carbocycles. The topological polar surface area (TPSA) is 92.6 Å². The van der Waals surface area contributed by atoms with Gasteiger partial charge in [-0.2, -0.15) is 0 Å². The van der Waals surface area contributed by atoms with Gasteiger partial charge in [-0.15, -0.1) is 0 Å². The quantitative estimate of drug-likeness (QED) is 0.463. The lowest BCUT2D eigenvalue weighted by Gasteiger charge is -2.42. The molecule has 8 heteroatoms. The molecule has 2 heterocycles. The van der Waals surface area contributed by atoms with Gasteiger partial charge in [0.2, 0.25) is 0 Å². The van der Waals surface area contributed by atoms with E-state index in [4.69, 9.17) is 20.8 Å². The van der Waals surface area contributed by atoms with Crippen LogP contribution in [0.2, 0.25) is 5.02 Å². The van der Waals surface area contributed by atoms with Gasteiger partial charge in [-0.3, -0.25) is 4.79 Å². The summed E-state index contributed by atoms with van der Waals surface area (Å²) in [5, 5.41) is 9.95. The van der Waals surface area contributed by atoms with E-state index in [1.165, 1.54) is 0 Å². The van der Waals surface area contributed by atoms with Crippen LogP contribution in [-0.2, 0) is 5.54 Å². The van der Waals surface area contributed by atoms with Crippen molar-refractivity contribution in [3.05, 3.63) is 58.8 Å². The minimum absolute atomic E-state index is 0.201. The minimum atomic E-state index is -0.534. The van der Waals surface area contributed by atoms with Gasteiger partial charge in [0.05, 0.1) is 22.8 Å². The molecule has 3 aromatic rings. The van der Waals surface area contributed by atoms with Gasteiger partial charge < -0.3 is 25.1 Å². The number of carbonyl (C=O) groups excluding carboxylic acids is 2. The summed E-state index contributed by atoms with van der Waals surface area (Å²) in [5.74, 6) is 0.624. The molecule has 0 saturated heterocycles. The lowest BCUT2D eigenvalue weighted by atomic mass is 9.74. The highest BCUT2D eigenvalue weighted by Gasteiger charge is 2.43. The van der Waals surface area contributed by atoms with Crippen molar-refractivity contribution in [1.82, 2.24) is 10.6 Å². The molecule has 3 amide bonds. The van der Waals surface area contributed by atoms with Gasteiger partial charge in [0.15, 0.2) is 5.76 Å². The average Bonchev–Trinajstić information content (AvgIpc) is 3.21. The van der Waals surface area contributed by atoms with Gasteiger partial charge >= 0.3 is 6.03 Å². The molecule has 0 radical (unpaired) electrons. The maximum atomic E-state index is 12.7. The van der Waals surface area contributed by atoms with E-state index in [-0.39, 0.29) is 17.7 Å². The van der Waals surface area contributed by atoms with Crippen LogP contribution in [0.1, 0.15) is 48.2 Å². The number of hydrogen-bond acceptors (Lipinski definition) is 4. The van der Waals surface area contributed by atoms with E-state index in [9.17, 15) is 9.59 Å². The molecule has 32 heavy (non-hydrogen) atoms. The van der Waals surface area contributed by atoms with Crippen LogP contribution >= 0.6 is 11.6 Å². The number of fused-ring (bicyclic) bond motifs is 4. The number of furan rings is 1. The number of anilines is 1. The Morgan fingerprint density at radius 2 is 1.94 bits per heavy atom. The van der Waals surface area contributed by atoms with E-state index >= 15 is 0 Å². The monoisotopic (exact) mass is 453 g/mol. The van der Waals surface area contributed by atoms with Gasteiger partial charge in [-0.05, 0) is 37.1 Å². The first-order chi connectivity index (χ1) is 15.6. The van der Waals surface area contributed by atoms with Crippen molar-refractivity contribution in [2.24, 2.45) is 0 Å². The Morgan fingerprint density at radius 1 is 1.16 bits per heavy atom.